The molecule has 0 bridgehead atoms. The molecule has 0 amide bonds. The van der Waals surface area contributed by atoms with Crippen molar-refractivity contribution in [3.63, 3.8) is 0 Å². The van der Waals surface area contributed by atoms with Crippen molar-refractivity contribution in [3.05, 3.63) is 29.8 Å². The van der Waals surface area contributed by atoms with Gasteiger partial charge in [-0.25, -0.2) is 4.79 Å². The second-order valence-corrected chi connectivity index (χ2v) is 3.28. The number of benzene rings is 1. The molecule has 1 rings (SSSR count). The number of aromatic carboxylic acids is 1. The van der Waals surface area contributed by atoms with Crippen LogP contribution >= 0.6 is 0 Å². The molecule has 0 fully saturated rings. The standard InChI is InChI=1S/C10H13BO5/c1-2-9(12)16-11(15)8-5-3-7(4-6-8)10(13)14/h3-6,9,12,15H,2H2,1H3,(H,13,14). The van der Waals surface area contributed by atoms with Crippen molar-refractivity contribution in [2.75, 3.05) is 0 Å². The third-order valence-electron chi connectivity index (χ3n) is 2.08. The Morgan fingerprint density at radius 1 is 1.44 bits per heavy atom. The maximum absolute atomic E-state index is 10.6. The summed E-state index contributed by atoms with van der Waals surface area (Å²) in [5, 5.41) is 27.3. The van der Waals surface area contributed by atoms with E-state index in [0.717, 1.165) is 0 Å². The van der Waals surface area contributed by atoms with Gasteiger partial charge in [-0.3, -0.25) is 0 Å². The summed E-state index contributed by atoms with van der Waals surface area (Å²) in [5.41, 5.74) is 0.532. The average Bonchev–Trinajstić information content (AvgIpc) is 2.28. The lowest BCUT2D eigenvalue weighted by atomic mass is 9.79. The Balaban J connectivity index is 2.70. The van der Waals surface area contributed by atoms with Gasteiger partial charge in [-0.2, -0.15) is 0 Å². The first kappa shape index (κ1) is 12.7. The van der Waals surface area contributed by atoms with Crippen LogP contribution in [0.4, 0.5) is 0 Å². The number of carbonyl (C=O) groups is 1. The van der Waals surface area contributed by atoms with E-state index in [9.17, 15) is 9.82 Å². The Bertz CT molecular complexity index is 351. The Hall–Kier alpha value is -1.37. The van der Waals surface area contributed by atoms with E-state index in [4.69, 9.17) is 14.9 Å². The molecule has 0 radical (unpaired) electrons. The maximum Gasteiger partial charge on any atom is 0.493 e. The first-order chi connectivity index (χ1) is 7.54. The van der Waals surface area contributed by atoms with Crippen molar-refractivity contribution < 1.29 is 24.7 Å². The van der Waals surface area contributed by atoms with Gasteiger partial charge in [0.2, 0.25) is 0 Å². The van der Waals surface area contributed by atoms with Crippen LogP contribution in [0.25, 0.3) is 0 Å². The lowest BCUT2D eigenvalue weighted by molar-refractivity contribution is -0.0308. The van der Waals surface area contributed by atoms with E-state index in [0.29, 0.717) is 11.9 Å². The summed E-state index contributed by atoms with van der Waals surface area (Å²) in [5.74, 6) is -1.03. The fourth-order valence-corrected chi connectivity index (χ4v) is 1.11. The molecule has 0 saturated carbocycles. The summed E-state index contributed by atoms with van der Waals surface area (Å²) in [7, 11) is -1.25. The fourth-order valence-electron chi connectivity index (χ4n) is 1.11. The largest absolute Gasteiger partial charge is 0.493 e. The van der Waals surface area contributed by atoms with Crippen LogP contribution in [0.5, 0.6) is 0 Å². The summed E-state index contributed by atoms with van der Waals surface area (Å²) in [6, 6.07) is 5.61. The van der Waals surface area contributed by atoms with Crippen molar-refractivity contribution in [1.29, 1.82) is 0 Å². The molecular formula is C10H13BO5. The van der Waals surface area contributed by atoms with Crippen molar-refractivity contribution >= 4 is 18.6 Å². The fraction of sp³-hybridized carbons (Fsp3) is 0.300. The summed E-state index contributed by atoms with van der Waals surface area (Å²) in [6.45, 7) is 1.71. The van der Waals surface area contributed by atoms with Crippen LogP contribution in [0.15, 0.2) is 24.3 Å². The van der Waals surface area contributed by atoms with E-state index in [1.807, 2.05) is 0 Å². The van der Waals surface area contributed by atoms with Gasteiger partial charge in [0.15, 0.2) is 0 Å². The van der Waals surface area contributed by atoms with Crippen molar-refractivity contribution in [2.45, 2.75) is 19.6 Å². The maximum atomic E-state index is 10.6. The van der Waals surface area contributed by atoms with E-state index >= 15 is 0 Å². The minimum absolute atomic E-state index is 0.131. The molecule has 0 aliphatic carbocycles. The molecule has 86 valence electrons. The van der Waals surface area contributed by atoms with Crippen LogP contribution in [0.2, 0.25) is 0 Å². The smallest absolute Gasteiger partial charge is 0.478 e. The van der Waals surface area contributed by atoms with Gasteiger partial charge in [-0.05, 0) is 24.0 Å². The highest BCUT2D eigenvalue weighted by Crippen LogP contribution is 2.00. The third-order valence-corrected chi connectivity index (χ3v) is 2.08. The van der Waals surface area contributed by atoms with Crippen molar-refractivity contribution in [1.82, 2.24) is 0 Å². The molecule has 16 heavy (non-hydrogen) atoms. The zero-order valence-electron chi connectivity index (χ0n) is 8.83. The highest BCUT2D eigenvalue weighted by atomic mass is 16.6. The summed E-state index contributed by atoms with van der Waals surface area (Å²) in [4.78, 5) is 10.6. The van der Waals surface area contributed by atoms with Gasteiger partial charge >= 0.3 is 13.1 Å². The Morgan fingerprint density at radius 3 is 2.44 bits per heavy atom. The summed E-state index contributed by atoms with van der Waals surface area (Å²) >= 11 is 0. The van der Waals surface area contributed by atoms with E-state index in [2.05, 4.69) is 0 Å². The number of hydrogen-bond acceptors (Lipinski definition) is 4. The molecule has 0 heterocycles. The molecule has 1 aromatic carbocycles. The second-order valence-electron chi connectivity index (χ2n) is 3.28. The number of carboxylic acid groups (broad SMARTS) is 1. The molecule has 1 atom stereocenters. The van der Waals surface area contributed by atoms with Crippen LogP contribution in [0.1, 0.15) is 23.7 Å². The minimum Gasteiger partial charge on any atom is -0.478 e. The lowest BCUT2D eigenvalue weighted by Crippen LogP contribution is -2.37. The highest BCUT2D eigenvalue weighted by Gasteiger charge is 2.19. The third kappa shape index (κ3) is 3.34. The van der Waals surface area contributed by atoms with E-state index in [-0.39, 0.29) is 5.56 Å². The monoisotopic (exact) mass is 224 g/mol. The first-order valence-electron chi connectivity index (χ1n) is 4.89. The van der Waals surface area contributed by atoms with E-state index in [1.165, 1.54) is 24.3 Å². The van der Waals surface area contributed by atoms with Gasteiger partial charge in [0.05, 0.1) is 5.56 Å². The molecular weight excluding hydrogens is 211 g/mol. The van der Waals surface area contributed by atoms with E-state index in [1.54, 1.807) is 6.92 Å². The zero-order valence-corrected chi connectivity index (χ0v) is 8.83. The van der Waals surface area contributed by atoms with Crippen molar-refractivity contribution in [2.24, 2.45) is 0 Å². The molecule has 0 aliphatic heterocycles. The second kappa shape index (κ2) is 5.65. The predicted octanol–water partition coefficient (Wildman–Crippen LogP) is -0.183. The number of hydrogen-bond donors (Lipinski definition) is 3. The normalized spacial score (nSPS) is 12.2. The Morgan fingerprint density at radius 2 is 2.00 bits per heavy atom. The van der Waals surface area contributed by atoms with E-state index < -0.39 is 19.4 Å². The molecule has 6 heteroatoms. The van der Waals surface area contributed by atoms with Crippen LogP contribution in [0, 0.1) is 0 Å². The molecule has 0 saturated heterocycles. The van der Waals surface area contributed by atoms with Crippen molar-refractivity contribution in [3.8, 4) is 0 Å². The molecule has 0 spiro atoms. The van der Waals surface area contributed by atoms with Gasteiger partial charge in [0, 0.05) is 0 Å². The highest BCUT2D eigenvalue weighted by molar-refractivity contribution is 6.60. The number of rotatable bonds is 5. The predicted molar refractivity (Wildman–Crippen MR) is 58.4 cm³/mol. The molecule has 1 unspecified atom stereocenters. The quantitative estimate of drug-likeness (QED) is 0.477. The van der Waals surface area contributed by atoms with Gasteiger partial charge in [-0.15, -0.1) is 0 Å². The van der Waals surface area contributed by atoms with Gasteiger partial charge in [0.1, 0.15) is 6.29 Å². The van der Waals surface area contributed by atoms with Gasteiger partial charge < -0.3 is 19.9 Å². The van der Waals surface area contributed by atoms with Crippen LogP contribution in [0.3, 0.4) is 0 Å². The SMILES string of the molecule is CCC(O)OB(O)c1ccc(C(=O)O)cc1. The topological polar surface area (TPSA) is 87.0 Å². The van der Waals surface area contributed by atoms with Gasteiger partial charge in [-0.1, -0.05) is 19.1 Å². The number of carboxylic acids is 1. The number of aliphatic hydroxyl groups is 1. The summed E-state index contributed by atoms with van der Waals surface area (Å²) in [6.07, 6.45) is -0.668. The Labute approximate surface area is 93.4 Å². The van der Waals surface area contributed by atoms with Crippen LogP contribution < -0.4 is 5.46 Å². The summed E-state index contributed by atoms with van der Waals surface area (Å²) < 4.78 is 4.85. The molecule has 0 aromatic heterocycles. The van der Waals surface area contributed by atoms with Gasteiger partial charge in [0.25, 0.3) is 0 Å². The van der Waals surface area contributed by atoms with Crippen LogP contribution in [-0.4, -0.2) is 34.6 Å². The number of aliphatic hydroxyl groups excluding tert-OH is 1. The molecule has 5 nitrogen and oxygen atoms in total. The first-order valence-corrected chi connectivity index (χ1v) is 4.89. The molecule has 1 aromatic rings. The zero-order chi connectivity index (χ0) is 12.1. The van der Waals surface area contributed by atoms with Crippen LogP contribution in [-0.2, 0) is 4.65 Å². The Kier molecular flexibility index (Phi) is 4.48. The average molecular weight is 224 g/mol. The molecule has 0 aliphatic rings. The minimum atomic E-state index is -1.25. The molecule has 3 N–H and O–H groups in total. The lowest BCUT2D eigenvalue weighted by Gasteiger charge is -2.12.